The van der Waals surface area contributed by atoms with Crippen molar-refractivity contribution in [2.45, 2.75) is 65.5 Å². The van der Waals surface area contributed by atoms with E-state index in [9.17, 15) is 5.11 Å². The van der Waals surface area contributed by atoms with Gasteiger partial charge in [0.1, 0.15) is 0 Å². The Bertz CT molecular complexity index is 213. The number of hydrogen-bond donors (Lipinski definition) is 2. The lowest BCUT2D eigenvalue weighted by Gasteiger charge is -2.36. The average molecular weight is 227 g/mol. The first-order chi connectivity index (χ1) is 7.33. The van der Waals surface area contributed by atoms with Gasteiger partial charge in [-0.25, -0.2) is 0 Å². The Balaban J connectivity index is 2.38. The van der Waals surface area contributed by atoms with E-state index < -0.39 is 5.60 Å². The summed E-state index contributed by atoms with van der Waals surface area (Å²) in [5.74, 6) is 1.92. The second-order valence-electron chi connectivity index (χ2n) is 6.39. The quantitative estimate of drug-likeness (QED) is 0.774. The van der Waals surface area contributed by atoms with Crippen molar-refractivity contribution in [2.24, 2.45) is 17.8 Å². The summed E-state index contributed by atoms with van der Waals surface area (Å²) in [4.78, 5) is 0. The minimum Gasteiger partial charge on any atom is -0.389 e. The van der Waals surface area contributed by atoms with Crippen LogP contribution in [-0.4, -0.2) is 23.3 Å². The van der Waals surface area contributed by atoms with Gasteiger partial charge in [-0.15, -0.1) is 0 Å². The van der Waals surface area contributed by atoms with Crippen molar-refractivity contribution in [1.82, 2.24) is 5.32 Å². The first-order valence-corrected chi connectivity index (χ1v) is 6.78. The summed E-state index contributed by atoms with van der Waals surface area (Å²) in [6.45, 7) is 11.5. The molecule has 0 spiro atoms. The molecule has 0 saturated heterocycles. The maximum Gasteiger partial charge on any atom is 0.0766 e. The van der Waals surface area contributed by atoms with Crippen LogP contribution in [0.3, 0.4) is 0 Å². The zero-order valence-electron chi connectivity index (χ0n) is 11.6. The van der Waals surface area contributed by atoms with Crippen molar-refractivity contribution >= 4 is 0 Å². The van der Waals surface area contributed by atoms with Gasteiger partial charge in [0.2, 0.25) is 0 Å². The summed E-state index contributed by atoms with van der Waals surface area (Å²) in [6, 6.07) is 0.599. The van der Waals surface area contributed by atoms with E-state index >= 15 is 0 Å². The highest BCUT2D eigenvalue weighted by Gasteiger charge is 2.29. The molecule has 0 radical (unpaired) electrons. The first kappa shape index (κ1) is 14.0. The Labute approximate surface area is 101 Å². The molecular formula is C14H29NO. The van der Waals surface area contributed by atoms with Crippen molar-refractivity contribution in [3.8, 4) is 0 Å². The zero-order valence-corrected chi connectivity index (χ0v) is 11.6. The maximum atomic E-state index is 10.2. The van der Waals surface area contributed by atoms with E-state index in [0.717, 1.165) is 11.8 Å². The van der Waals surface area contributed by atoms with Gasteiger partial charge in [-0.1, -0.05) is 27.7 Å². The van der Waals surface area contributed by atoms with Gasteiger partial charge in [0.25, 0.3) is 0 Å². The molecular weight excluding hydrogens is 198 g/mol. The minimum absolute atomic E-state index is 0.304. The lowest BCUT2D eigenvalue weighted by molar-refractivity contribution is 0.00819. The SMILES string of the molecule is CC1CCC(NCC(C)(O)C(C)C)C(C)C1. The fourth-order valence-corrected chi connectivity index (χ4v) is 2.51. The van der Waals surface area contributed by atoms with Gasteiger partial charge in [-0.2, -0.15) is 0 Å². The smallest absolute Gasteiger partial charge is 0.0766 e. The summed E-state index contributed by atoms with van der Waals surface area (Å²) < 4.78 is 0. The molecule has 0 bridgehead atoms. The molecule has 0 aliphatic heterocycles. The largest absolute Gasteiger partial charge is 0.389 e. The van der Waals surface area contributed by atoms with Gasteiger partial charge in [0, 0.05) is 12.6 Å². The molecule has 1 saturated carbocycles. The third-order valence-electron chi connectivity index (χ3n) is 4.40. The van der Waals surface area contributed by atoms with Crippen molar-refractivity contribution < 1.29 is 5.11 Å². The summed E-state index contributed by atoms with van der Waals surface area (Å²) in [7, 11) is 0. The van der Waals surface area contributed by atoms with Crippen LogP contribution >= 0.6 is 0 Å². The summed E-state index contributed by atoms with van der Waals surface area (Å²) in [5.41, 5.74) is -0.581. The third-order valence-corrected chi connectivity index (χ3v) is 4.40. The zero-order chi connectivity index (χ0) is 12.3. The second kappa shape index (κ2) is 5.50. The predicted octanol–water partition coefficient (Wildman–Crippen LogP) is 2.81. The van der Waals surface area contributed by atoms with Crippen molar-refractivity contribution in [3.05, 3.63) is 0 Å². The van der Waals surface area contributed by atoms with Crippen LogP contribution in [0, 0.1) is 17.8 Å². The van der Waals surface area contributed by atoms with E-state index in [1.165, 1.54) is 19.3 Å². The van der Waals surface area contributed by atoms with Gasteiger partial charge in [0.15, 0.2) is 0 Å². The van der Waals surface area contributed by atoms with Crippen LogP contribution in [0.1, 0.15) is 53.9 Å². The van der Waals surface area contributed by atoms with Crippen LogP contribution in [0.2, 0.25) is 0 Å². The molecule has 96 valence electrons. The fourth-order valence-electron chi connectivity index (χ4n) is 2.51. The molecule has 2 N–H and O–H groups in total. The molecule has 1 rings (SSSR count). The lowest BCUT2D eigenvalue weighted by atomic mass is 9.79. The van der Waals surface area contributed by atoms with Crippen LogP contribution < -0.4 is 5.32 Å². The topological polar surface area (TPSA) is 32.3 Å². The molecule has 1 aliphatic rings. The molecule has 1 fully saturated rings. The van der Waals surface area contributed by atoms with Crippen LogP contribution in [-0.2, 0) is 0 Å². The number of hydrogen-bond acceptors (Lipinski definition) is 2. The van der Waals surface area contributed by atoms with Gasteiger partial charge in [-0.3, -0.25) is 0 Å². The number of rotatable bonds is 4. The molecule has 0 aromatic rings. The molecule has 4 unspecified atom stereocenters. The number of aliphatic hydroxyl groups is 1. The Hall–Kier alpha value is -0.0800. The second-order valence-corrected chi connectivity index (χ2v) is 6.39. The van der Waals surface area contributed by atoms with E-state index in [4.69, 9.17) is 0 Å². The van der Waals surface area contributed by atoms with Crippen molar-refractivity contribution in [3.63, 3.8) is 0 Å². The number of nitrogens with one attached hydrogen (secondary N) is 1. The average Bonchev–Trinajstić information content (AvgIpc) is 2.16. The van der Waals surface area contributed by atoms with E-state index in [2.05, 4.69) is 33.0 Å². The highest BCUT2D eigenvalue weighted by Crippen LogP contribution is 2.29. The minimum atomic E-state index is -0.581. The van der Waals surface area contributed by atoms with Gasteiger partial charge in [0.05, 0.1) is 5.60 Å². The van der Waals surface area contributed by atoms with Crippen LogP contribution in [0.4, 0.5) is 0 Å². The van der Waals surface area contributed by atoms with E-state index in [1.807, 2.05) is 6.92 Å². The van der Waals surface area contributed by atoms with Crippen molar-refractivity contribution in [1.29, 1.82) is 0 Å². The highest BCUT2D eigenvalue weighted by molar-refractivity contribution is 4.85. The Morgan fingerprint density at radius 3 is 2.44 bits per heavy atom. The predicted molar refractivity (Wildman–Crippen MR) is 69.4 cm³/mol. The molecule has 2 heteroatoms. The molecule has 2 nitrogen and oxygen atoms in total. The van der Waals surface area contributed by atoms with E-state index in [1.54, 1.807) is 0 Å². The monoisotopic (exact) mass is 227 g/mol. The Kier molecular flexibility index (Phi) is 4.81. The van der Waals surface area contributed by atoms with Crippen LogP contribution in [0.15, 0.2) is 0 Å². The molecule has 0 aromatic carbocycles. The fraction of sp³-hybridized carbons (Fsp3) is 1.00. The normalized spacial score (nSPS) is 35.1. The summed E-state index contributed by atoms with van der Waals surface area (Å²) >= 11 is 0. The molecule has 0 heterocycles. The molecule has 4 atom stereocenters. The standard InChI is InChI=1S/C14H29NO/c1-10(2)14(5,16)9-15-13-7-6-11(3)8-12(13)4/h10-13,15-16H,6-9H2,1-5H3. The van der Waals surface area contributed by atoms with E-state index in [-0.39, 0.29) is 0 Å². The molecule has 0 aromatic heterocycles. The van der Waals surface area contributed by atoms with Gasteiger partial charge in [-0.05, 0) is 43.9 Å². The van der Waals surface area contributed by atoms with E-state index in [0.29, 0.717) is 18.5 Å². The highest BCUT2D eigenvalue weighted by atomic mass is 16.3. The van der Waals surface area contributed by atoms with Crippen LogP contribution in [0.25, 0.3) is 0 Å². The Morgan fingerprint density at radius 1 is 1.31 bits per heavy atom. The summed E-state index contributed by atoms with van der Waals surface area (Å²) in [6.07, 6.45) is 3.91. The lowest BCUT2D eigenvalue weighted by Crippen LogP contribution is -2.48. The first-order valence-electron chi connectivity index (χ1n) is 6.78. The molecule has 0 amide bonds. The van der Waals surface area contributed by atoms with Crippen LogP contribution in [0.5, 0.6) is 0 Å². The Morgan fingerprint density at radius 2 is 1.94 bits per heavy atom. The molecule has 16 heavy (non-hydrogen) atoms. The summed E-state index contributed by atoms with van der Waals surface area (Å²) in [5, 5.41) is 13.8. The maximum absolute atomic E-state index is 10.2. The van der Waals surface area contributed by atoms with Gasteiger partial charge >= 0.3 is 0 Å². The van der Waals surface area contributed by atoms with Crippen molar-refractivity contribution in [2.75, 3.05) is 6.54 Å². The third kappa shape index (κ3) is 3.74. The molecule has 1 aliphatic carbocycles. The van der Waals surface area contributed by atoms with Gasteiger partial charge < -0.3 is 10.4 Å².